The average Bonchev–Trinajstić information content (AvgIpc) is 2.66. The van der Waals surface area contributed by atoms with E-state index in [0.717, 1.165) is 16.8 Å². The molecule has 0 heterocycles. The van der Waals surface area contributed by atoms with Gasteiger partial charge in [0.05, 0.1) is 6.54 Å². The van der Waals surface area contributed by atoms with Crippen LogP contribution in [0.5, 0.6) is 0 Å². The number of benzene rings is 3. The van der Waals surface area contributed by atoms with Crippen LogP contribution in [0.2, 0.25) is 0 Å². The summed E-state index contributed by atoms with van der Waals surface area (Å²) in [6.45, 7) is 0.732. The van der Waals surface area contributed by atoms with Crippen molar-refractivity contribution in [1.29, 1.82) is 0 Å². The number of ether oxygens (including phenoxy) is 1. The van der Waals surface area contributed by atoms with E-state index < -0.39 is 0 Å². The van der Waals surface area contributed by atoms with Crippen LogP contribution in [0.3, 0.4) is 0 Å². The zero-order valence-electron chi connectivity index (χ0n) is 13.3. The lowest BCUT2D eigenvalue weighted by Crippen LogP contribution is -2.30. The summed E-state index contributed by atoms with van der Waals surface area (Å²) >= 11 is 0. The fourth-order valence-electron chi connectivity index (χ4n) is 2.43. The lowest BCUT2D eigenvalue weighted by Gasteiger charge is -2.22. The van der Waals surface area contributed by atoms with Gasteiger partial charge in [0.15, 0.2) is 0 Å². The van der Waals surface area contributed by atoms with Crippen LogP contribution in [-0.4, -0.2) is 6.09 Å². The molecule has 0 saturated carbocycles. The highest BCUT2D eigenvalue weighted by atomic mass is 16.6. The van der Waals surface area contributed by atoms with Gasteiger partial charge in [-0.15, -0.1) is 0 Å². The smallest absolute Gasteiger partial charge is 0.414 e. The molecular formula is C21H19NO2. The van der Waals surface area contributed by atoms with E-state index in [1.54, 1.807) is 4.90 Å². The number of para-hydroxylation sites is 1. The van der Waals surface area contributed by atoms with Crippen LogP contribution in [0.1, 0.15) is 11.1 Å². The van der Waals surface area contributed by atoms with E-state index in [1.165, 1.54) is 0 Å². The van der Waals surface area contributed by atoms with E-state index in [1.807, 2.05) is 91.0 Å². The second-order valence-corrected chi connectivity index (χ2v) is 5.45. The third-order valence-electron chi connectivity index (χ3n) is 3.68. The number of rotatable bonds is 5. The number of carbonyl (C=O) groups excluding carboxylic acids is 1. The Balaban J connectivity index is 1.75. The molecule has 0 N–H and O–H groups in total. The van der Waals surface area contributed by atoms with Crippen molar-refractivity contribution >= 4 is 11.8 Å². The molecule has 0 aliphatic carbocycles. The van der Waals surface area contributed by atoms with E-state index in [9.17, 15) is 4.79 Å². The van der Waals surface area contributed by atoms with Crippen LogP contribution in [0.15, 0.2) is 91.0 Å². The first-order valence-corrected chi connectivity index (χ1v) is 7.90. The standard InChI is InChI=1S/C21H19NO2/c23-21(24-17-19-12-6-2-7-13-19)22(20-14-8-3-9-15-20)16-18-10-4-1-5-11-18/h1-15H,16-17H2. The Morgan fingerprint density at radius 3 is 1.79 bits per heavy atom. The molecule has 120 valence electrons. The Hall–Kier alpha value is -3.07. The van der Waals surface area contributed by atoms with E-state index in [2.05, 4.69) is 0 Å². The molecule has 24 heavy (non-hydrogen) atoms. The second kappa shape index (κ2) is 7.97. The number of hydrogen-bond donors (Lipinski definition) is 0. The lowest BCUT2D eigenvalue weighted by atomic mass is 10.2. The molecule has 0 saturated heterocycles. The van der Waals surface area contributed by atoms with Crippen LogP contribution in [-0.2, 0) is 17.9 Å². The van der Waals surface area contributed by atoms with Crippen LogP contribution >= 0.6 is 0 Å². The molecule has 3 nitrogen and oxygen atoms in total. The van der Waals surface area contributed by atoms with Gasteiger partial charge in [-0.3, -0.25) is 4.90 Å². The van der Waals surface area contributed by atoms with Gasteiger partial charge in [-0.05, 0) is 23.3 Å². The minimum atomic E-state index is -0.353. The predicted octanol–water partition coefficient (Wildman–Crippen LogP) is 5.03. The summed E-state index contributed by atoms with van der Waals surface area (Å²) in [4.78, 5) is 14.3. The fourth-order valence-corrected chi connectivity index (χ4v) is 2.43. The molecule has 0 radical (unpaired) electrons. The summed E-state index contributed by atoms with van der Waals surface area (Å²) in [6.07, 6.45) is -0.353. The lowest BCUT2D eigenvalue weighted by molar-refractivity contribution is 0.146. The molecule has 1 amide bonds. The number of nitrogens with zero attached hydrogens (tertiary/aromatic N) is 1. The van der Waals surface area contributed by atoms with E-state index in [0.29, 0.717) is 6.54 Å². The van der Waals surface area contributed by atoms with Gasteiger partial charge in [-0.25, -0.2) is 4.79 Å². The Morgan fingerprint density at radius 2 is 1.21 bits per heavy atom. The molecule has 0 aliphatic heterocycles. The first-order valence-electron chi connectivity index (χ1n) is 7.90. The molecule has 3 rings (SSSR count). The molecule has 0 atom stereocenters. The predicted molar refractivity (Wildman–Crippen MR) is 95.7 cm³/mol. The van der Waals surface area contributed by atoms with E-state index in [4.69, 9.17) is 4.74 Å². The number of carbonyl (C=O) groups is 1. The van der Waals surface area contributed by atoms with Gasteiger partial charge < -0.3 is 4.74 Å². The first kappa shape index (κ1) is 15.8. The highest BCUT2D eigenvalue weighted by molar-refractivity contribution is 5.87. The van der Waals surface area contributed by atoms with E-state index >= 15 is 0 Å². The van der Waals surface area contributed by atoms with Gasteiger partial charge in [-0.2, -0.15) is 0 Å². The van der Waals surface area contributed by atoms with Gasteiger partial charge in [-0.1, -0.05) is 78.9 Å². The largest absolute Gasteiger partial charge is 0.444 e. The summed E-state index contributed by atoms with van der Waals surface area (Å²) in [6, 6.07) is 29.2. The molecule has 3 heteroatoms. The summed E-state index contributed by atoms with van der Waals surface area (Å²) in [5, 5.41) is 0. The van der Waals surface area contributed by atoms with Crippen LogP contribution in [0, 0.1) is 0 Å². The maximum atomic E-state index is 12.6. The van der Waals surface area contributed by atoms with Gasteiger partial charge in [0.2, 0.25) is 0 Å². The minimum Gasteiger partial charge on any atom is -0.444 e. The summed E-state index contributed by atoms with van der Waals surface area (Å²) in [5.74, 6) is 0. The highest BCUT2D eigenvalue weighted by Gasteiger charge is 2.17. The van der Waals surface area contributed by atoms with Gasteiger partial charge in [0, 0.05) is 5.69 Å². The fraction of sp³-hybridized carbons (Fsp3) is 0.0952. The quantitative estimate of drug-likeness (QED) is 0.660. The van der Waals surface area contributed by atoms with Crippen molar-refractivity contribution in [2.24, 2.45) is 0 Å². The Labute approximate surface area is 142 Å². The molecular weight excluding hydrogens is 298 g/mol. The van der Waals surface area contributed by atoms with Crippen LogP contribution in [0.25, 0.3) is 0 Å². The Kier molecular flexibility index (Phi) is 5.25. The van der Waals surface area contributed by atoms with Gasteiger partial charge in [0.1, 0.15) is 6.61 Å². The van der Waals surface area contributed by atoms with Crippen molar-refractivity contribution in [2.75, 3.05) is 4.90 Å². The topological polar surface area (TPSA) is 29.5 Å². The molecule has 0 bridgehead atoms. The van der Waals surface area contributed by atoms with Crippen LogP contribution < -0.4 is 4.90 Å². The second-order valence-electron chi connectivity index (χ2n) is 5.45. The number of hydrogen-bond acceptors (Lipinski definition) is 2. The van der Waals surface area contributed by atoms with Gasteiger partial charge in [0.25, 0.3) is 0 Å². The Morgan fingerprint density at radius 1 is 0.708 bits per heavy atom. The third-order valence-corrected chi connectivity index (χ3v) is 3.68. The van der Waals surface area contributed by atoms with Crippen molar-refractivity contribution in [2.45, 2.75) is 13.2 Å². The molecule has 0 unspecified atom stereocenters. The van der Waals surface area contributed by atoms with Crippen molar-refractivity contribution in [1.82, 2.24) is 0 Å². The average molecular weight is 317 g/mol. The van der Waals surface area contributed by atoms with Crippen molar-refractivity contribution < 1.29 is 9.53 Å². The number of anilines is 1. The third kappa shape index (κ3) is 4.23. The number of amides is 1. The summed E-state index contributed by atoms with van der Waals surface area (Å²) < 4.78 is 5.50. The summed E-state index contributed by atoms with van der Waals surface area (Å²) in [5.41, 5.74) is 2.84. The van der Waals surface area contributed by atoms with Crippen molar-refractivity contribution in [3.8, 4) is 0 Å². The SMILES string of the molecule is O=C(OCc1ccccc1)N(Cc1ccccc1)c1ccccc1. The van der Waals surface area contributed by atoms with Gasteiger partial charge >= 0.3 is 6.09 Å². The molecule has 0 spiro atoms. The maximum absolute atomic E-state index is 12.6. The minimum absolute atomic E-state index is 0.262. The molecule has 0 aromatic heterocycles. The van der Waals surface area contributed by atoms with Crippen molar-refractivity contribution in [3.63, 3.8) is 0 Å². The zero-order valence-corrected chi connectivity index (χ0v) is 13.3. The molecule has 3 aromatic rings. The monoisotopic (exact) mass is 317 g/mol. The Bertz CT molecular complexity index is 758. The molecule has 3 aromatic carbocycles. The van der Waals surface area contributed by atoms with Crippen molar-refractivity contribution in [3.05, 3.63) is 102 Å². The van der Waals surface area contributed by atoms with Crippen LogP contribution in [0.4, 0.5) is 10.5 Å². The highest BCUT2D eigenvalue weighted by Crippen LogP contribution is 2.18. The van der Waals surface area contributed by atoms with E-state index in [-0.39, 0.29) is 12.7 Å². The maximum Gasteiger partial charge on any atom is 0.414 e. The molecule has 0 fully saturated rings. The normalized spacial score (nSPS) is 10.2. The first-order chi connectivity index (χ1) is 11.8. The summed E-state index contributed by atoms with van der Waals surface area (Å²) in [7, 11) is 0. The zero-order chi connectivity index (χ0) is 16.6. The molecule has 0 aliphatic rings.